The van der Waals surface area contributed by atoms with E-state index in [2.05, 4.69) is 0 Å². The van der Waals surface area contributed by atoms with Crippen molar-refractivity contribution in [3.05, 3.63) is 59.7 Å². The van der Waals surface area contributed by atoms with Crippen LogP contribution in [0.4, 0.5) is 13.2 Å². The van der Waals surface area contributed by atoms with Crippen molar-refractivity contribution in [3.63, 3.8) is 0 Å². The van der Waals surface area contributed by atoms with Crippen molar-refractivity contribution in [3.8, 4) is 11.5 Å². The van der Waals surface area contributed by atoms with Crippen LogP contribution in [0.5, 0.6) is 11.5 Å². The Morgan fingerprint density at radius 1 is 0.833 bits per heavy atom. The van der Waals surface area contributed by atoms with E-state index in [0.29, 0.717) is 0 Å². The molecule has 0 atom stereocenters. The number of hydrogen-bond donors (Lipinski definition) is 3. The van der Waals surface area contributed by atoms with Crippen molar-refractivity contribution in [2.45, 2.75) is 24.4 Å². The molecule has 128 valence electrons. The van der Waals surface area contributed by atoms with Gasteiger partial charge in [0.2, 0.25) is 0 Å². The summed E-state index contributed by atoms with van der Waals surface area (Å²) in [5, 5.41) is 27.6. The van der Waals surface area contributed by atoms with Gasteiger partial charge in [0, 0.05) is 6.42 Å². The zero-order valence-electron chi connectivity index (χ0n) is 12.4. The van der Waals surface area contributed by atoms with Crippen molar-refractivity contribution < 1.29 is 33.3 Å². The van der Waals surface area contributed by atoms with E-state index in [-0.39, 0.29) is 22.6 Å². The molecule has 0 aliphatic carbocycles. The number of aromatic hydroxyl groups is 2. The van der Waals surface area contributed by atoms with Crippen LogP contribution in [0.3, 0.4) is 0 Å². The standard InChI is InChI=1S/C17H15F3O4/c18-17(19,20)16(10-9-15(23)24,11-1-5-13(21)6-2-11)12-3-7-14(22)8-4-12/h1-8,21-22H,9-10H2,(H,23,24). The molecule has 0 fully saturated rings. The van der Waals surface area contributed by atoms with Gasteiger partial charge in [-0.2, -0.15) is 13.2 Å². The molecule has 0 aliphatic heterocycles. The summed E-state index contributed by atoms with van der Waals surface area (Å²) in [4.78, 5) is 10.9. The predicted octanol–water partition coefficient (Wildman–Crippen LogP) is 3.81. The molecule has 0 radical (unpaired) electrons. The fourth-order valence-electron chi connectivity index (χ4n) is 2.71. The van der Waals surface area contributed by atoms with Crippen LogP contribution in [0, 0.1) is 0 Å². The van der Waals surface area contributed by atoms with Gasteiger partial charge in [-0.1, -0.05) is 24.3 Å². The van der Waals surface area contributed by atoms with Gasteiger partial charge in [0.1, 0.15) is 16.9 Å². The van der Waals surface area contributed by atoms with Crippen LogP contribution in [0.15, 0.2) is 48.5 Å². The van der Waals surface area contributed by atoms with Crippen molar-refractivity contribution in [2.24, 2.45) is 0 Å². The molecule has 0 heterocycles. The summed E-state index contributed by atoms with van der Waals surface area (Å²) in [7, 11) is 0. The molecule has 3 N–H and O–H groups in total. The Bertz CT molecular complexity index is 661. The van der Waals surface area contributed by atoms with E-state index in [4.69, 9.17) is 5.11 Å². The van der Waals surface area contributed by atoms with Crippen LogP contribution >= 0.6 is 0 Å². The van der Waals surface area contributed by atoms with E-state index >= 15 is 0 Å². The topological polar surface area (TPSA) is 77.8 Å². The van der Waals surface area contributed by atoms with Crippen molar-refractivity contribution >= 4 is 5.97 Å². The third-order valence-electron chi connectivity index (χ3n) is 3.92. The van der Waals surface area contributed by atoms with E-state index in [1.165, 1.54) is 0 Å². The minimum atomic E-state index is -4.78. The molecular formula is C17H15F3O4. The molecule has 0 saturated heterocycles. The summed E-state index contributed by atoms with van der Waals surface area (Å²) < 4.78 is 42.2. The number of benzene rings is 2. The van der Waals surface area contributed by atoms with Gasteiger partial charge in [0.15, 0.2) is 0 Å². The van der Waals surface area contributed by atoms with Gasteiger partial charge >= 0.3 is 12.1 Å². The minimum Gasteiger partial charge on any atom is -0.508 e. The highest BCUT2D eigenvalue weighted by molar-refractivity contribution is 5.67. The number of phenolic OH excluding ortho intramolecular Hbond substituents is 2. The molecule has 0 unspecified atom stereocenters. The molecule has 0 bridgehead atoms. The first-order valence-electron chi connectivity index (χ1n) is 7.04. The molecule has 0 aliphatic rings. The number of phenols is 2. The number of halogens is 3. The molecule has 7 heteroatoms. The molecule has 4 nitrogen and oxygen atoms in total. The third kappa shape index (κ3) is 3.29. The summed E-state index contributed by atoms with van der Waals surface area (Å²) in [6.45, 7) is 0. The van der Waals surface area contributed by atoms with E-state index in [1.807, 2.05) is 0 Å². The van der Waals surface area contributed by atoms with Gasteiger partial charge in [-0.3, -0.25) is 4.79 Å². The second-order valence-electron chi connectivity index (χ2n) is 5.39. The van der Waals surface area contributed by atoms with E-state index in [1.54, 1.807) is 0 Å². The van der Waals surface area contributed by atoms with Crippen LogP contribution in [0.1, 0.15) is 24.0 Å². The average molecular weight is 340 g/mol. The Hall–Kier alpha value is -2.70. The number of carboxylic acid groups (broad SMARTS) is 1. The lowest BCUT2D eigenvalue weighted by molar-refractivity contribution is -0.181. The van der Waals surface area contributed by atoms with Crippen LogP contribution < -0.4 is 0 Å². The second-order valence-corrected chi connectivity index (χ2v) is 5.39. The number of carboxylic acids is 1. The molecule has 2 aromatic rings. The normalized spacial score (nSPS) is 12.1. The maximum absolute atomic E-state index is 14.1. The number of aliphatic carboxylic acids is 1. The van der Waals surface area contributed by atoms with Gasteiger partial charge < -0.3 is 15.3 Å². The van der Waals surface area contributed by atoms with Gasteiger partial charge in [-0.15, -0.1) is 0 Å². The smallest absolute Gasteiger partial charge is 0.402 e. The lowest BCUT2D eigenvalue weighted by Crippen LogP contribution is -2.44. The van der Waals surface area contributed by atoms with E-state index in [9.17, 15) is 28.2 Å². The first kappa shape index (κ1) is 17.7. The molecule has 0 amide bonds. The van der Waals surface area contributed by atoms with Crippen molar-refractivity contribution in [1.82, 2.24) is 0 Å². The second kappa shape index (κ2) is 6.43. The third-order valence-corrected chi connectivity index (χ3v) is 3.92. The number of carbonyl (C=O) groups is 1. The highest BCUT2D eigenvalue weighted by atomic mass is 19.4. The minimum absolute atomic E-state index is 0.181. The SMILES string of the molecule is O=C(O)CCC(c1ccc(O)cc1)(c1ccc(O)cc1)C(F)(F)F. The Morgan fingerprint density at radius 3 is 1.50 bits per heavy atom. The fraction of sp³-hybridized carbons (Fsp3) is 0.235. The number of hydrogen-bond acceptors (Lipinski definition) is 3. The molecule has 0 saturated carbocycles. The average Bonchev–Trinajstić information content (AvgIpc) is 2.49. The maximum atomic E-state index is 14.1. The first-order valence-corrected chi connectivity index (χ1v) is 7.04. The summed E-state index contributed by atoms with van der Waals surface area (Å²) in [5.74, 6) is -1.74. The van der Waals surface area contributed by atoms with Gasteiger partial charge in [-0.05, 0) is 41.8 Å². The molecule has 0 aromatic heterocycles. The maximum Gasteiger partial charge on any atom is 0.402 e. The Labute approximate surface area is 135 Å². The molecule has 2 rings (SSSR count). The zero-order valence-corrected chi connectivity index (χ0v) is 12.4. The van der Waals surface area contributed by atoms with Crippen LogP contribution in [-0.2, 0) is 10.2 Å². The fourth-order valence-corrected chi connectivity index (χ4v) is 2.71. The summed E-state index contributed by atoms with van der Waals surface area (Å²) in [6.07, 6.45) is -6.18. The number of alkyl halides is 3. The lowest BCUT2D eigenvalue weighted by atomic mass is 9.70. The zero-order chi connectivity index (χ0) is 18.0. The molecule has 0 spiro atoms. The first-order chi connectivity index (χ1) is 11.2. The molecular weight excluding hydrogens is 325 g/mol. The summed E-state index contributed by atoms with van der Waals surface area (Å²) in [6, 6.07) is 8.98. The molecule has 24 heavy (non-hydrogen) atoms. The largest absolute Gasteiger partial charge is 0.508 e. The van der Waals surface area contributed by atoms with Crippen LogP contribution in [0.25, 0.3) is 0 Å². The monoisotopic (exact) mass is 340 g/mol. The van der Waals surface area contributed by atoms with Crippen LogP contribution in [0.2, 0.25) is 0 Å². The Balaban J connectivity index is 2.70. The Kier molecular flexibility index (Phi) is 4.73. The van der Waals surface area contributed by atoms with Crippen molar-refractivity contribution in [1.29, 1.82) is 0 Å². The Morgan fingerprint density at radius 2 is 1.21 bits per heavy atom. The van der Waals surface area contributed by atoms with Gasteiger partial charge in [0.25, 0.3) is 0 Å². The highest BCUT2D eigenvalue weighted by Gasteiger charge is 2.56. The summed E-state index contributed by atoms with van der Waals surface area (Å²) in [5.41, 5.74) is -2.92. The summed E-state index contributed by atoms with van der Waals surface area (Å²) >= 11 is 0. The van der Waals surface area contributed by atoms with Crippen LogP contribution in [-0.4, -0.2) is 27.5 Å². The van der Waals surface area contributed by atoms with E-state index in [0.717, 1.165) is 48.5 Å². The predicted molar refractivity (Wildman–Crippen MR) is 79.9 cm³/mol. The quantitative estimate of drug-likeness (QED) is 0.773. The number of rotatable bonds is 5. The van der Waals surface area contributed by atoms with Gasteiger partial charge in [-0.25, -0.2) is 0 Å². The highest BCUT2D eigenvalue weighted by Crippen LogP contribution is 2.50. The van der Waals surface area contributed by atoms with Gasteiger partial charge in [0.05, 0.1) is 0 Å². The lowest BCUT2D eigenvalue weighted by Gasteiger charge is -2.36. The van der Waals surface area contributed by atoms with Crippen molar-refractivity contribution in [2.75, 3.05) is 0 Å². The molecule has 2 aromatic carbocycles. The van der Waals surface area contributed by atoms with E-state index < -0.39 is 30.4 Å².